The number of aryl methyl sites for hydroxylation is 3. The molecule has 2 rings (SSSR count). The molecule has 0 saturated carbocycles. The van der Waals surface area contributed by atoms with Gasteiger partial charge in [-0.05, 0) is 37.5 Å². The first-order valence-electron chi connectivity index (χ1n) is 7.47. The largest absolute Gasteiger partial charge is 0.494 e. The number of hydrogen-bond donors (Lipinski definition) is 1. The van der Waals surface area contributed by atoms with Crippen molar-refractivity contribution in [3.8, 4) is 5.75 Å². The average molecular weight is 319 g/mol. The normalized spacial score (nSPS) is 10.6. The third-order valence-corrected chi connectivity index (χ3v) is 4.60. The SMILES string of the molecule is CCc1ccc(OCCCc2nc(C)c(CC(=O)O)s2)cc1. The molecule has 0 unspecified atom stereocenters. The highest BCUT2D eigenvalue weighted by atomic mass is 32.1. The summed E-state index contributed by atoms with van der Waals surface area (Å²) in [6.07, 6.45) is 2.78. The van der Waals surface area contributed by atoms with Crippen molar-refractivity contribution in [3.63, 3.8) is 0 Å². The van der Waals surface area contributed by atoms with Gasteiger partial charge in [-0.15, -0.1) is 11.3 Å². The zero-order valence-corrected chi connectivity index (χ0v) is 13.8. The Labute approximate surface area is 134 Å². The molecule has 1 N–H and O–H groups in total. The van der Waals surface area contributed by atoms with Crippen LogP contribution in [-0.2, 0) is 24.1 Å². The summed E-state index contributed by atoms with van der Waals surface area (Å²) in [5, 5.41) is 9.82. The first kappa shape index (κ1) is 16.5. The number of carboxylic acids is 1. The van der Waals surface area contributed by atoms with E-state index in [0.717, 1.165) is 40.6 Å². The first-order chi connectivity index (χ1) is 10.6. The van der Waals surface area contributed by atoms with E-state index in [4.69, 9.17) is 9.84 Å². The third kappa shape index (κ3) is 4.84. The van der Waals surface area contributed by atoms with Gasteiger partial charge in [-0.25, -0.2) is 4.98 Å². The standard InChI is InChI=1S/C17H21NO3S/c1-3-13-6-8-14(9-7-13)21-10-4-5-16-18-12(2)15(22-16)11-17(19)20/h6-9H,3-5,10-11H2,1-2H3,(H,19,20). The van der Waals surface area contributed by atoms with Crippen LogP contribution in [-0.4, -0.2) is 22.7 Å². The first-order valence-corrected chi connectivity index (χ1v) is 8.29. The van der Waals surface area contributed by atoms with Gasteiger partial charge in [0.05, 0.1) is 23.7 Å². The number of aliphatic carboxylic acids is 1. The molecule has 0 atom stereocenters. The van der Waals surface area contributed by atoms with Gasteiger partial charge in [0, 0.05) is 11.3 Å². The molecule has 5 heteroatoms. The summed E-state index contributed by atoms with van der Waals surface area (Å²) < 4.78 is 5.71. The van der Waals surface area contributed by atoms with E-state index in [9.17, 15) is 4.79 Å². The Hall–Kier alpha value is -1.88. The molecule has 118 valence electrons. The second kappa shape index (κ2) is 7.94. The van der Waals surface area contributed by atoms with Gasteiger partial charge in [0.15, 0.2) is 0 Å². The molecule has 1 aromatic heterocycles. The van der Waals surface area contributed by atoms with Crippen molar-refractivity contribution in [2.75, 3.05) is 6.61 Å². The molecule has 0 radical (unpaired) electrons. The van der Waals surface area contributed by atoms with Crippen LogP contribution < -0.4 is 4.74 Å². The summed E-state index contributed by atoms with van der Waals surface area (Å²) in [6, 6.07) is 8.16. The molecule has 4 nitrogen and oxygen atoms in total. The molecule has 0 aliphatic carbocycles. The maximum atomic E-state index is 10.8. The Bertz CT molecular complexity index is 619. The summed E-state index contributed by atoms with van der Waals surface area (Å²) in [4.78, 5) is 16.0. The zero-order valence-electron chi connectivity index (χ0n) is 13.0. The number of carboxylic acid groups (broad SMARTS) is 1. The number of aromatic nitrogens is 1. The van der Waals surface area contributed by atoms with Crippen LogP contribution in [0.3, 0.4) is 0 Å². The molecule has 1 heterocycles. The van der Waals surface area contributed by atoms with Crippen LogP contribution in [0.4, 0.5) is 0 Å². The molecule has 0 spiro atoms. The fourth-order valence-electron chi connectivity index (χ4n) is 2.13. The van der Waals surface area contributed by atoms with Crippen molar-refractivity contribution < 1.29 is 14.6 Å². The quantitative estimate of drug-likeness (QED) is 0.755. The van der Waals surface area contributed by atoms with Gasteiger partial charge in [0.25, 0.3) is 0 Å². The minimum Gasteiger partial charge on any atom is -0.494 e. The van der Waals surface area contributed by atoms with Crippen LogP contribution in [0.15, 0.2) is 24.3 Å². The minimum absolute atomic E-state index is 0.0593. The van der Waals surface area contributed by atoms with Crippen molar-refractivity contribution in [1.82, 2.24) is 4.98 Å². The van der Waals surface area contributed by atoms with Crippen molar-refractivity contribution in [2.24, 2.45) is 0 Å². The Kier molecular flexibility index (Phi) is 5.95. The number of nitrogens with zero attached hydrogens (tertiary/aromatic N) is 1. The van der Waals surface area contributed by atoms with E-state index in [2.05, 4.69) is 24.0 Å². The Morgan fingerprint density at radius 1 is 1.32 bits per heavy atom. The molecule has 0 saturated heterocycles. The van der Waals surface area contributed by atoms with E-state index in [1.54, 1.807) is 0 Å². The van der Waals surface area contributed by atoms with Crippen molar-refractivity contribution in [3.05, 3.63) is 45.4 Å². The smallest absolute Gasteiger partial charge is 0.308 e. The molecule has 0 aliphatic rings. The summed E-state index contributed by atoms with van der Waals surface area (Å²) in [6.45, 7) is 4.63. The molecule has 0 aliphatic heterocycles. The van der Waals surface area contributed by atoms with Gasteiger partial charge in [0.2, 0.25) is 0 Å². The van der Waals surface area contributed by atoms with E-state index < -0.39 is 5.97 Å². The molecular weight excluding hydrogens is 298 g/mol. The van der Waals surface area contributed by atoms with Gasteiger partial charge < -0.3 is 9.84 Å². The highest BCUT2D eigenvalue weighted by molar-refractivity contribution is 7.11. The van der Waals surface area contributed by atoms with E-state index in [-0.39, 0.29) is 6.42 Å². The Balaban J connectivity index is 1.77. The second-order valence-electron chi connectivity index (χ2n) is 5.14. The number of hydrogen-bond acceptors (Lipinski definition) is 4. The van der Waals surface area contributed by atoms with Crippen LogP contribution in [0.5, 0.6) is 5.75 Å². The fourth-order valence-corrected chi connectivity index (χ4v) is 3.23. The summed E-state index contributed by atoms with van der Waals surface area (Å²) in [7, 11) is 0. The maximum Gasteiger partial charge on any atom is 0.308 e. The number of ether oxygens (including phenoxy) is 1. The second-order valence-corrected chi connectivity index (χ2v) is 6.30. The fraction of sp³-hybridized carbons (Fsp3) is 0.412. The van der Waals surface area contributed by atoms with Crippen molar-refractivity contribution in [1.29, 1.82) is 0 Å². The number of carbonyl (C=O) groups is 1. The molecular formula is C17H21NO3S. The van der Waals surface area contributed by atoms with Crippen molar-refractivity contribution >= 4 is 17.3 Å². The lowest BCUT2D eigenvalue weighted by atomic mass is 10.2. The topological polar surface area (TPSA) is 59.4 Å². The van der Waals surface area contributed by atoms with E-state index in [1.807, 2.05) is 19.1 Å². The summed E-state index contributed by atoms with van der Waals surface area (Å²) >= 11 is 1.49. The number of benzene rings is 1. The number of thiazole rings is 1. The average Bonchev–Trinajstić information content (AvgIpc) is 2.84. The molecule has 0 bridgehead atoms. The van der Waals surface area contributed by atoms with Crippen LogP contribution in [0.1, 0.15) is 34.5 Å². The molecule has 0 fully saturated rings. The molecule has 0 amide bonds. The molecule has 2 aromatic rings. The number of rotatable bonds is 8. The zero-order chi connectivity index (χ0) is 15.9. The van der Waals surface area contributed by atoms with Gasteiger partial charge in [-0.2, -0.15) is 0 Å². The van der Waals surface area contributed by atoms with E-state index >= 15 is 0 Å². The van der Waals surface area contributed by atoms with Crippen molar-refractivity contribution in [2.45, 2.75) is 39.5 Å². The predicted octanol–water partition coefficient (Wildman–Crippen LogP) is 3.65. The van der Waals surface area contributed by atoms with Crippen LogP contribution in [0.25, 0.3) is 0 Å². The summed E-state index contributed by atoms with van der Waals surface area (Å²) in [5.74, 6) is 0.0799. The van der Waals surface area contributed by atoms with Gasteiger partial charge in [-0.1, -0.05) is 19.1 Å². The third-order valence-electron chi connectivity index (χ3n) is 3.38. The maximum absolute atomic E-state index is 10.8. The van der Waals surface area contributed by atoms with E-state index in [0.29, 0.717) is 6.61 Å². The molecule has 1 aromatic carbocycles. The van der Waals surface area contributed by atoms with Gasteiger partial charge >= 0.3 is 5.97 Å². The highest BCUT2D eigenvalue weighted by Crippen LogP contribution is 2.20. The van der Waals surface area contributed by atoms with E-state index in [1.165, 1.54) is 16.9 Å². The highest BCUT2D eigenvalue weighted by Gasteiger charge is 2.10. The Morgan fingerprint density at radius 2 is 2.05 bits per heavy atom. The molecule has 22 heavy (non-hydrogen) atoms. The minimum atomic E-state index is -0.808. The van der Waals surface area contributed by atoms with Crippen LogP contribution >= 0.6 is 11.3 Å². The van der Waals surface area contributed by atoms with Gasteiger partial charge in [-0.3, -0.25) is 4.79 Å². The predicted molar refractivity (Wildman–Crippen MR) is 87.8 cm³/mol. The lowest BCUT2D eigenvalue weighted by Gasteiger charge is -2.06. The Morgan fingerprint density at radius 3 is 2.68 bits per heavy atom. The monoisotopic (exact) mass is 319 g/mol. The lowest BCUT2D eigenvalue weighted by Crippen LogP contribution is -1.99. The lowest BCUT2D eigenvalue weighted by molar-refractivity contribution is -0.136. The van der Waals surface area contributed by atoms with Crippen LogP contribution in [0.2, 0.25) is 0 Å². The van der Waals surface area contributed by atoms with Crippen LogP contribution in [0, 0.1) is 6.92 Å². The van der Waals surface area contributed by atoms with Gasteiger partial charge in [0.1, 0.15) is 5.75 Å². The summed E-state index contributed by atoms with van der Waals surface area (Å²) in [5.41, 5.74) is 2.13.